The van der Waals surface area contributed by atoms with Crippen LogP contribution in [-0.2, 0) is 9.53 Å². The van der Waals surface area contributed by atoms with E-state index in [9.17, 15) is 4.79 Å². The molecule has 2 atom stereocenters. The van der Waals surface area contributed by atoms with Crippen LogP contribution in [0.2, 0.25) is 0 Å². The van der Waals surface area contributed by atoms with Gasteiger partial charge in [0, 0.05) is 24.8 Å². The maximum absolute atomic E-state index is 12.1. The molecular formula is C20H32N2O3. The van der Waals surface area contributed by atoms with Crippen LogP contribution in [0.15, 0.2) is 18.3 Å². The molecule has 0 aromatic carbocycles. The third kappa shape index (κ3) is 5.99. The summed E-state index contributed by atoms with van der Waals surface area (Å²) in [4.78, 5) is 18.9. The second kappa shape index (κ2) is 10.4. The fraction of sp³-hybridized carbons (Fsp3) is 0.700. The van der Waals surface area contributed by atoms with Gasteiger partial charge in [-0.3, -0.25) is 9.69 Å². The second-order valence-electron chi connectivity index (χ2n) is 6.80. The van der Waals surface area contributed by atoms with Gasteiger partial charge in [-0.15, -0.1) is 0 Å². The number of pyridine rings is 1. The van der Waals surface area contributed by atoms with Crippen molar-refractivity contribution in [2.45, 2.75) is 58.4 Å². The highest BCUT2D eigenvalue weighted by Crippen LogP contribution is 2.32. The minimum absolute atomic E-state index is 0.0358. The predicted molar refractivity (Wildman–Crippen MR) is 98.6 cm³/mol. The summed E-state index contributed by atoms with van der Waals surface area (Å²) in [6, 6.07) is 3.91. The van der Waals surface area contributed by atoms with Crippen LogP contribution in [0.5, 0.6) is 5.88 Å². The number of carbonyl (C=O) groups excluding carboxylic acids is 1. The molecule has 140 valence electrons. The number of hydrogen-bond donors (Lipinski definition) is 0. The molecule has 1 aromatic rings. The zero-order valence-electron chi connectivity index (χ0n) is 15.9. The molecule has 1 aromatic heterocycles. The van der Waals surface area contributed by atoms with Crippen LogP contribution in [0.3, 0.4) is 0 Å². The molecule has 25 heavy (non-hydrogen) atoms. The summed E-state index contributed by atoms with van der Waals surface area (Å²) in [5.41, 5.74) is 1.06. The van der Waals surface area contributed by atoms with Crippen molar-refractivity contribution in [1.82, 2.24) is 9.88 Å². The number of unbranched alkanes of at least 4 members (excludes halogenated alkanes) is 2. The Morgan fingerprint density at radius 2 is 2.20 bits per heavy atom. The van der Waals surface area contributed by atoms with Gasteiger partial charge in [0.2, 0.25) is 5.88 Å². The number of carbonyl (C=O) groups is 1. The van der Waals surface area contributed by atoms with Gasteiger partial charge in [-0.2, -0.15) is 0 Å². The molecule has 1 saturated heterocycles. The fourth-order valence-corrected chi connectivity index (χ4v) is 3.61. The Bertz CT molecular complexity index is 518. The first-order valence-corrected chi connectivity index (χ1v) is 9.57. The van der Waals surface area contributed by atoms with Crippen molar-refractivity contribution in [2.75, 3.05) is 26.8 Å². The van der Waals surface area contributed by atoms with Crippen molar-refractivity contribution >= 4 is 5.97 Å². The minimum atomic E-state index is -0.141. The van der Waals surface area contributed by atoms with Gasteiger partial charge in [-0.05, 0) is 37.8 Å². The Morgan fingerprint density at radius 1 is 1.36 bits per heavy atom. The average molecular weight is 348 g/mol. The van der Waals surface area contributed by atoms with E-state index < -0.39 is 0 Å². The Morgan fingerprint density at radius 3 is 2.84 bits per heavy atom. The van der Waals surface area contributed by atoms with Gasteiger partial charge >= 0.3 is 5.97 Å². The maximum atomic E-state index is 12.1. The molecule has 0 aliphatic carbocycles. The van der Waals surface area contributed by atoms with E-state index in [0.29, 0.717) is 18.9 Å². The Hall–Kier alpha value is -1.62. The van der Waals surface area contributed by atoms with Crippen LogP contribution in [0.1, 0.15) is 64.0 Å². The Kier molecular flexibility index (Phi) is 8.19. The maximum Gasteiger partial charge on any atom is 0.307 e. The second-order valence-corrected chi connectivity index (χ2v) is 6.80. The zero-order valence-corrected chi connectivity index (χ0v) is 15.9. The lowest BCUT2D eigenvalue weighted by atomic mass is 10.0. The standard InChI is InChI=1S/C20H32N2O3/c1-4-6-7-8-16-11-12-22(15-16)18(13-20(23)25-5-2)17-9-10-19(24-3)21-14-17/h9-10,14,16,18H,4-8,11-13,15H2,1-3H3/t16?,18-/m0/s1. The average Bonchev–Trinajstić information content (AvgIpc) is 3.09. The Labute approximate surface area is 151 Å². The summed E-state index contributed by atoms with van der Waals surface area (Å²) in [7, 11) is 1.61. The third-order valence-corrected chi connectivity index (χ3v) is 4.99. The summed E-state index contributed by atoms with van der Waals surface area (Å²) >= 11 is 0. The summed E-state index contributed by atoms with van der Waals surface area (Å²) in [6.07, 6.45) is 8.59. The molecule has 5 nitrogen and oxygen atoms in total. The van der Waals surface area contributed by atoms with E-state index in [4.69, 9.17) is 9.47 Å². The van der Waals surface area contributed by atoms with Crippen molar-refractivity contribution in [3.63, 3.8) is 0 Å². The largest absolute Gasteiger partial charge is 0.481 e. The molecule has 0 radical (unpaired) electrons. The van der Waals surface area contributed by atoms with Gasteiger partial charge in [0.05, 0.1) is 20.1 Å². The van der Waals surface area contributed by atoms with Gasteiger partial charge in [-0.25, -0.2) is 4.98 Å². The molecule has 0 saturated carbocycles. The molecule has 1 fully saturated rings. The lowest BCUT2D eigenvalue weighted by molar-refractivity contribution is -0.144. The number of likely N-dealkylation sites (tertiary alicyclic amines) is 1. The summed E-state index contributed by atoms with van der Waals surface area (Å²) in [5.74, 6) is 1.19. The summed E-state index contributed by atoms with van der Waals surface area (Å²) in [5, 5.41) is 0. The van der Waals surface area contributed by atoms with E-state index >= 15 is 0 Å². The van der Waals surface area contributed by atoms with Gasteiger partial charge in [0.25, 0.3) is 0 Å². The molecule has 1 aliphatic rings. The molecule has 0 amide bonds. The van der Waals surface area contributed by atoms with Crippen molar-refractivity contribution in [3.8, 4) is 5.88 Å². The molecule has 1 aliphatic heterocycles. The highest BCUT2D eigenvalue weighted by Gasteiger charge is 2.31. The number of ether oxygens (including phenoxy) is 2. The lowest BCUT2D eigenvalue weighted by Gasteiger charge is -2.27. The molecular weight excluding hydrogens is 316 g/mol. The van der Waals surface area contributed by atoms with Crippen LogP contribution < -0.4 is 4.74 Å². The van der Waals surface area contributed by atoms with E-state index in [1.165, 1.54) is 32.1 Å². The minimum Gasteiger partial charge on any atom is -0.481 e. The summed E-state index contributed by atoms with van der Waals surface area (Å²) < 4.78 is 10.3. The first kappa shape index (κ1) is 19.7. The Balaban J connectivity index is 2.04. The van der Waals surface area contributed by atoms with Crippen molar-refractivity contribution < 1.29 is 14.3 Å². The lowest BCUT2D eigenvalue weighted by Crippen LogP contribution is -2.29. The zero-order chi connectivity index (χ0) is 18.1. The van der Waals surface area contributed by atoms with Crippen molar-refractivity contribution in [2.24, 2.45) is 5.92 Å². The smallest absolute Gasteiger partial charge is 0.307 e. The van der Waals surface area contributed by atoms with E-state index in [1.54, 1.807) is 7.11 Å². The predicted octanol–water partition coefficient (Wildman–Crippen LogP) is 3.99. The van der Waals surface area contributed by atoms with Crippen LogP contribution in [0.4, 0.5) is 0 Å². The molecule has 2 rings (SSSR count). The van der Waals surface area contributed by atoms with E-state index in [1.807, 2.05) is 25.3 Å². The normalized spacial score (nSPS) is 18.9. The number of aromatic nitrogens is 1. The highest BCUT2D eigenvalue weighted by atomic mass is 16.5. The first-order chi connectivity index (χ1) is 12.2. The van der Waals surface area contributed by atoms with Crippen LogP contribution in [0.25, 0.3) is 0 Å². The van der Waals surface area contributed by atoms with Gasteiger partial charge < -0.3 is 9.47 Å². The third-order valence-electron chi connectivity index (χ3n) is 4.99. The van der Waals surface area contributed by atoms with Crippen LogP contribution in [0, 0.1) is 5.92 Å². The van der Waals surface area contributed by atoms with E-state index in [2.05, 4.69) is 16.8 Å². The highest BCUT2D eigenvalue weighted by molar-refractivity contribution is 5.70. The number of hydrogen-bond acceptors (Lipinski definition) is 5. The summed E-state index contributed by atoms with van der Waals surface area (Å²) in [6.45, 7) is 6.60. The number of esters is 1. The quantitative estimate of drug-likeness (QED) is 0.473. The molecule has 1 unspecified atom stereocenters. The van der Waals surface area contributed by atoms with E-state index in [-0.39, 0.29) is 12.0 Å². The molecule has 0 N–H and O–H groups in total. The molecule has 0 bridgehead atoms. The number of nitrogens with zero attached hydrogens (tertiary/aromatic N) is 2. The van der Waals surface area contributed by atoms with Crippen LogP contribution in [-0.4, -0.2) is 42.7 Å². The van der Waals surface area contributed by atoms with Gasteiger partial charge in [-0.1, -0.05) is 32.3 Å². The fourth-order valence-electron chi connectivity index (χ4n) is 3.61. The number of methoxy groups -OCH3 is 1. The van der Waals surface area contributed by atoms with Crippen molar-refractivity contribution in [3.05, 3.63) is 23.9 Å². The van der Waals surface area contributed by atoms with Crippen molar-refractivity contribution in [1.29, 1.82) is 0 Å². The monoisotopic (exact) mass is 348 g/mol. The first-order valence-electron chi connectivity index (χ1n) is 9.57. The van der Waals surface area contributed by atoms with E-state index in [0.717, 1.165) is 24.6 Å². The topological polar surface area (TPSA) is 51.7 Å². The molecule has 5 heteroatoms. The molecule has 2 heterocycles. The SMILES string of the molecule is CCCCCC1CCN([C@@H](CC(=O)OCC)c2ccc(OC)nc2)C1. The number of rotatable bonds is 10. The van der Waals surface area contributed by atoms with Gasteiger partial charge in [0.1, 0.15) is 0 Å². The molecule has 0 spiro atoms. The van der Waals surface area contributed by atoms with Crippen LogP contribution >= 0.6 is 0 Å². The van der Waals surface area contributed by atoms with Gasteiger partial charge in [0.15, 0.2) is 0 Å².